The first kappa shape index (κ1) is 22.4. The summed E-state index contributed by atoms with van der Waals surface area (Å²) in [6, 6.07) is 7.67. The molecule has 148 valence electrons. The van der Waals surface area contributed by atoms with Crippen molar-refractivity contribution < 1.29 is 23.4 Å². The summed E-state index contributed by atoms with van der Waals surface area (Å²) in [6.45, 7) is 10.2. The van der Waals surface area contributed by atoms with Gasteiger partial charge in [-0.05, 0) is 52.7 Å². The molecule has 0 saturated carbocycles. The molecule has 1 N–H and O–H groups in total. The second-order valence-electron chi connectivity index (χ2n) is 7.77. The smallest absolute Gasteiger partial charge is 0.409 e. The highest BCUT2D eigenvalue weighted by molar-refractivity contribution is 5.68. The third kappa shape index (κ3) is 7.70. The van der Waals surface area contributed by atoms with Crippen molar-refractivity contribution in [1.82, 2.24) is 5.32 Å². The molecule has 0 saturated heterocycles. The van der Waals surface area contributed by atoms with E-state index in [1.165, 1.54) is 0 Å². The minimum absolute atomic E-state index is 0.0186. The van der Waals surface area contributed by atoms with Crippen LogP contribution in [0, 0.1) is 0 Å². The second kappa shape index (κ2) is 9.33. The Kier molecular flexibility index (Phi) is 8.03. The molecular weight excluding hydrogens is 337 g/mol. The molecule has 5 nitrogen and oxygen atoms in total. The molecule has 2 atom stereocenters. The van der Waals surface area contributed by atoms with Gasteiger partial charge in [-0.25, -0.2) is 4.79 Å². The lowest BCUT2D eigenvalue weighted by atomic mass is 10.0. The van der Waals surface area contributed by atoms with Gasteiger partial charge in [0.05, 0.1) is 18.9 Å². The first-order chi connectivity index (χ1) is 12.0. The summed E-state index contributed by atoms with van der Waals surface area (Å²) in [5.74, 6) is 0. The molecule has 1 amide bonds. The van der Waals surface area contributed by atoms with Gasteiger partial charge in [-0.15, -0.1) is 0 Å². The van der Waals surface area contributed by atoms with Gasteiger partial charge in [0, 0.05) is 13.5 Å². The Balaban J connectivity index is 2.84. The number of alkyl halides is 1. The monoisotopic (exact) mass is 369 g/mol. The van der Waals surface area contributed by atoms with E-state index in [0.29, 0.717) is 0 Å². The molecule has 1 unspecified atom stereocenters. The summed E-state index contributed by atoms with van der Waals surface area (Å²) in [5.41, 5.74) is 0.252. The predicted molar refractivity (Wildman–Crippen MR) is 99.7 cm³/mol. The third-order valence-electron chi connectivity index (χ3n) is 3.74. The van der Waals surface area contributed by atoms with Gasteiger partial charge < -0.3 is 14.2 Å². The van der Waals surface area contributed by atoms with Gasteiger partial charge in [-0.1, -0.05) is 24.3 Å². The van der Waals surface area contributed by atoms with Crippen LogP contribution in [0.5, 0.6) is 0 Å². The van der Waals surface area contributed by atoms with Crippen LogP contribution in [0.25, 0.3) is 0 Å². The lowest BCUT2D eigenvalue weighted by Crippen LogP contribution is -2.48. The van der Waals surface area contributed by atoms with Crippen LogP contribution in [0.3, 0.4) is 0 Å². The third-order valence-corrected chi connectivity index (χ3v) is 3.74. The molecule has 0 spiro atoms. The standard InChI is InChI=1S/C20H32FNO4/c1-14(24-7)15-8-10-16(11-9-15)17(12-13-21)25-20(5,6)22-18(23)26-19(2,3)4/h8-11,14,17H,12-13H2,1-7H3,(H,22,23)/t14?,17-/m0/s1. The molecule has 0 aromatic heterocycles. The van der Waals surface area contributed by atoms with Crippen LogP contribution in [0.15, 0.2) is 24.3 Å². The second-order valence-corrected chi connectivity index (χ2v) is 7.77. The Bertz CT molecular complexity index is 566. The molecule has 1 rings (SSSR count). The van der Waals surface area contributed by atoms with Crippen LogP contribution in [0.1, 0.15) is 71.3 Å². The molecule has 0 fully saturated rings. The van der Waals surface area contributed by atoms with E-state index in [9.17, 15) is 9.18 Å². The number of alkyl carbamates (subject to hydrolysis) is 1. The van der Waals surface area contributed by atoms with E-state index in [4.69, 9.17) is 14.2 Å². The predicted octanol–water partition coefficient (Wildman–Crippen LogP) is 5.07. The first-order valence-corrected chi connectivity index (χ1v) is 8.85. The maximum atomic E-state index is 13.0. The van der Waals surface area contributed by atoms with Crippen LogP contribution >= 0.6 is 0 Å². The largest absolute Gasteiger partial charge is 0.444 e. The Hall–Kier alpha value is -1.66. The van der Waals surface area contributed by atoms with Crippen LogP contribution in [-0.2, 0) is 14.2 Å². The molecular formula is C20H32FNO4. The number of amides is 1. The average molecular weight is 369 g/mol. The highest BCUT2D eigenvalue weighted by atomic mass is 19.1. The van der Waals surface area contributed by atoms with Gasteiger partial charge in [0.25, 0.3) is 0 Å². The Labute approximate surface area is 156 Å². The highest BCUT2D eigenvalue weighted by Crippen LogP contribution is 2.28. The van der Waals surface area contributed by atoms with E-state index in [0.717, 1.165) is 11.1 Å². The highest BCUT2D eigenvalue weighted by Gasteiger charge is 2.29. The Morgan fingerprint density at radius 2 is 1.65 bits per heavy atom. The fraction of sp³-hybridized carbons (Fsp3) is 0.650. The van der Waals surface area contributed by atoms with Gasteiger partial charge in [-0.2, -0.15) is 0 Å². The summed E-state index contributed by atoms with van der Waals surface area (Å²) in [6.07, 6.45) is -0.893. The zero-order valence-electron chi connectivity index (χ0n) is 16.9. The van der Waals surface area contributed by atoms with Crippen molar-refractivity contribution in [3.8, 4) is 0 Å². The number of hydrogen-bond donors (Lipinski definition) is 1. The number of hydrogen-bond acceptors (Lipinski definition) is 4. The summed E-state index contributed by atoms with van der Waals surface area (Å²) < 4.78 is 29.6. The molecule has 26 heavy (non-hydrogen) atoms. The summed E-state index contributed by atoms with van der Waals surface area (Å²) >= 11 is 0. The zero-order valence-corrected chi connectivity index (χ0v) is 16.9. The van der Waals surface area contributed by atoms with Gasteiger partial charge >= 0.3 is 6.09 Å². The van der Waals surface area contributed by atoms with Crippen LogP contribution in [0.4, 0.5) is 9.18 Å². The van der Waals surface area contributed by atoms with Crippen molar-refractivity contribution in [3.63, 3.8) is 0 Å². The lowest BCUT2D eigenvalue weighted by Gasteiger charge is -2.32. The molecule has 0 bridgehead atoms. The number of carbonyl (C=O) groups is 1. The van der Waals surface area contributed by atoms with Gasteiger partial charge in [0.15, 0.2) is 0 Å². The van der Waals surface area contributed by atoms with E-state index in [2.05, 4.69) is 5.32 Å². The van der Waals surface area contributed by atoms with Crippen molar-refractivity contribution in [2.45, 2.75) is 71.5 Å². The van der Waals surface area contributed by atoms with E-state index in [-0.39, 0.29) is 12.5 Å². The summed E-state index contributed by atoms with van der Waals surface area (Å²) in [5, 5.41) is 2.68. The first-order valence-electron chi connectivity index (χ1n) is 8.85. The molecule has 0 radical (unpaired) electrons. The molecule has 0 heterocycles. The summed E-state index contributed by atoms with van der Waals surface area (Å²) in [7, 11) is 1.65. The van der Waals surface area contributed by atoms with Crippen LogP contribution in [-0.4, -0.2) is 31.2 Å². The summed E-state index contributed by atoms with van der Waals surface area (Å²) in [4.78, 5) is 12.0. The maximum absolute atomic E-state index is 13.0. The lowest BCUT2D eigenvalue weighted by molar-refractivity contribution is -0.0979. The molecule has 0 aliphatic carbocycles. The number of carbonyl (C=O) groups excluding carboxylic acids is 1. The Morgan fingerprint density at radius 3 is 2.12 bits per heavy atom. The van der Waals surface area contributed by atoms with E-state index < -0.39 is 30.2 Å². The minimum atomic E-state index is -1.01. The zero-order chi connectivity index (χ0) is 20.0. The molecule has 1 aromatic rings. The van der Waals surface area contributed by atoms with E-state index in [1.807, 2.05) is 31.2 Å². The topological polar surface area (TPSA) is 56.8 Å². The number of halogens is 1. The number of ether oxygens (including phenoxy) is 3. The van der Waals surface area contributed by atoms with Crippen molar-refractivity contribution in [2.75, 3.05) is 13.8 Å². The maximum Gasteiger partial charge on any atom is 0.409 e. The quantitative estimate of drug-likeness (QED) is 0.650. The molecule has 6 heteroatoms. The number of methoxy groups -OCH3 is 1. The van der Waals surface area contributed by atoms with Crippen molar-refractivity contribution in [3.05, 3.63) is 35.4 Å². The van der Waals surface area contributed by atoms with Crippen LogP contribution < -0.4 is 5.32 Å². The van der Waals surface area contributed by atoms with E-state index in [1.54, 1.807) is 41.7 Å². The fourth-order valence-corrected chi connectivity index (χ4v) is 2.45. The van der Waals surface area contributed by atoms with E-state index >= 15 is 0 Å². The number of benzene rings is 1. The van der Waals surface area contributed by atoms with Crippen molar-refractivity contribution >= 4 is 6.09 Å². The average Bonchev–Trinajstić information content (AvgIpc) is 2.51. The SMILES string of the molecule is COC(C)c1ccc([C@H](CCF)OC(C)(C)NC(=O)OC(C)(C)C)cc1. The minimum Gasteiger partial charge on any atom is -0.444 e. The molecule has 0 aliphatic heterocycles. The fourth-order valence-electron chi connectivity index (χ4n) is 2.45. The van der Waals surface area contributed by atoms with Crippen LogP contribution in [0.2, 0.25) is 0 Å². The van der Waals surface area contributed by atoms with Crippen molar-refractivity contribution in [2.24, 2.45) is 0 Å². The number of nitrogens with one attached hydrogen (secondary N) is 1. The number of rotatable bonds is 8. The van der Waals surface area contributed by atoms with Gasteiger partial charge in [-0.3, -0.25) is 9.71 Å². The Morgan fingerprint density at radius 1 is 1.12 bits per heavy atom. The van der Waals surface area contributed by atoms with Crippen molar-refractivity contribution in [1.29, 1.82) is 0 Å². The molecule has 1 aromatic carbocycles. The van der Waals surface area contributed by atoms with Gasteiger partial charge in [0.1, 0.15) is 11.3 Å². The van der Waals surface area contributed by atoms with Gasteiger partial charge in [0.2, 0.25) is 0 Å². The normalized spacial score (nSPS) is 14.6. The molecule has 0 aliphatic rings.